The Labute approximate surface area is 174 Å². The van der Waals surface area contributed by atoms with Gasteiger partial charge in [-0.05, 0) is 55.9 Å². The minimum Gasteiger partial charge on any atom is -0.497 e. The standard InChI is InChI=1S/C24H32N4O/c1-5-13-24(6-2)17(3)28(20-9-11-21(29-4)12-10-20)16-19-15-26-23(27-22(19)24)25-14-18-7-8-18/h9-12,15,18H,3,5-8,13-14,16H2,1-2,4H3,(H,25,26,27). The highest BCUT2D eigenvalue weighted by atomic mass is 16.5. The predicted octanol–water partition coefficient (Wildman–Crippen LogP) is 5.29. The third-order valence-corrected chi connectivity index (χ3v) is 6.43. The number of methoxy groups -OCH3 is 1. The molecular formula is C24H32N4O. The minimum atomic E-state index is -0.165. The third kappa shape index (κ3) is 3.70. The van der Waals surface area contributed by atoms with Crippen molar-refractivity contribution in [2.24, 2.45) is 5.92 Å². The maximum atomic E-state index is 5.33. The van der Waals surface area contributed by atoms with E-state index >= 15 is 0 Å². The van der Waals surface area contributed by atoms with Crippen LogP contribution in [0.3, 0.4) is 0 Å². The molecule has 1 N–H and O–H groups in total. The SMILES string of the molecule is C=C1N(c2ccc(OC)cc2)Cc2cnc(NCC3CC3)nc2C1(CC)CCC. The Morgan fingerprint density at radius 3 is 2.62 bits per heavy atom. The molecule has 2 aromatic rings. The number of benzene rings is 1. The second-order valence-corrected chi connectivity index (χ2v) is 8.31. The fraction of sp³-hybridized carbons (Fsp3) is 0.500. The van der Waals surface area contributed by atoms with Gasteiger partial charge in [-0.2, -0.15) is 0 Å². The number of anilines is 2. The van der Waals surface area contributed by atoms with Gasteiger partial charge < -0.3 is 15.0 Å². The fourth-order valence-corrected chi connectivity index (χ4v) is 4.49. The Morgan fingerprint density at radius 2 is 2.00 bits per heavy atom. The molecule has 0 spiro atoms. The second kappa shape index (κ2) is 8.05. The van der Waals surface area contributed by atoms with Gasteiger partial charge in [-0.3, -0.25) is 0 Å². The number of nitrogens with zero attached hydrogens (tertiary/aromatic N) is 3. The molecule has 1 saturated carbocycles. The van der Waals surface area contributed by atoms with Crippen molar-refractivity contribution in [2.45, 2.75) is 57.9 Å². The van der Waals surface area contributed by atoms with Gasteiger partial charge in [-0.1, -0.05) is 26.8 Å². The van der Waals surface area contributed by atoms with Crippen LogP contribution in [0.2, 0.25) is 0 Å². The third-order valence-electron chi connectivity index (χ3n) is 6.43. The van der Waals surface area contributed by atoms with Crippen LogP contribution >= 0.6 is 0 Å². The summed E-state index contributed by atoms with van der Waals surface area (Å²) in [5, 5.41) is 3.45. The number of aromatic nitrogens is 2. The van der Waals surface area contributed by atoms with E-state index in [-0.39, 0.29) is 5.41 Å². The van der Waals surface area contributed by atoms with Crippen LogP contribution in [0.4, 0.5) is 11.6 Å². The topological polar surface area (TPSA) is 50.3 Å². The molecule has 2 heterocycles. The molecule has 1 aliphatic carbocycles. The van der Waals surface area contributed by atoms with Crippen molar-refractivity contribution in [3.63, 3.8) is 0 Å². The van der Waals surface area contributed by atoms with Crippen molar-refractivity contribution >= 4 is 11.6 Å². The van der Waals surface area contributed by atoms with Crippen molar-refractivity contribution in [2.75, 3.05) is 23.9 Å². The van der Waals surface area contributed by atoms with Crippen LogP contribution in [0, 0.1) is 5.92 Å². The maximum Gasteiger partial charge on any atom is 0.222 e. The lowest BCUT2D eigenvalue weighted by molar-refractivity contribution is 0.397. The van der Waals surface area contributed by atoms with E-state index in [0.717, 1.165) is 67.0 Å². The van der Waals surface area contributed by atoms with Gasteiger partial charge in [0.15, 0.2) is 0 Å². The highest BCUT2D eigenvalue weighted by Crippen LogP contribution is 2.47. The Balaban J connectivity index is 1.72. The molecule has 1 atom stereocenters. The van der Waals surface area contributed by atoms with Gasteiger partial charge in [0.2, 0.25) is 5.95 Å². The van der Waals surface area contributed by atoms with Crippen LogP contribution in [0.15, 0.2) is 42.7 Å². The first-order chi connectivity index (χ1) is 14.1. The van der Waals surface area contributed by atoms with E-state index in [2.05, 4.69) is 47.8 Å². The number of nitrogens with one attached hydrogen (secondary N) is 1. The lowest BCUT2D eigenvalue weighted by Crippen LogP contribution is -2.44. The molecule has 0 radical (unpaired) electrons. The molecular weight excluding hydrogens is 360 g/mol. The summed E-state index contributed by atoms with van der Waals surface area (Å²) < 4.78 is 5.33. The molecule has 1 aromatic heterocycles. The Hall–Kier alpha value is -2.56. The summed E-state index contributed by atoms with van der Waals surface area (Å²) in [4.78, 5) is 12.0. The zero-order valence-electron chi connectivity index (χ0n) is 17.9. The van der Waals surface area contributed by atoms with E-state index in [1.165, 1.54) is 18.4 Å². The Morgan fingerprint density at radius 1 is 1.24 bits per heavy atom. The van der Waals surface area contributed by atoms with Crippen molar-refractivity contribution in [1.82, 2.24) is 9.97 Å². The maximum absolute atomic E-state index is 5.33. The highest BCUT2D eigenvalue weighted by Gasteiger charge is 2.43. The lowest BCUT2D eigenvalue weighted by atomic mass is 9.71. The van der Waals surface area contributed by atoms with Gasteiger partial charge in [-0.15, -0.1) is 0 Å². The molecule has 5 nitrogen and oxygen atoms in total. The highest BCUT2D eigenvalue weighted by molar-refractivity contribution is 5.60. The van der Waals surface area contributed by atoms with Crippen LogP contribution in [0.1, 0.15) is 57.2 Å². The molecule has 0 saturated heterocycles. The van der Waals surface area contributed by atoms with E-state index < -0.39 is 0 Å². The van der Waals surface area contributed by atoms with Gasteiger partial charge >= 0.3 is 0 Å². The molecule has 5 heteroatoms. The number of rotatable bonds is 8. The first-order valence-electron chi connectivity index (χ1n) is 10.8. The molecule has 2 aliphatic rings. The summed E-state index contributed by atoms with van der Waals surface area (Å²) in [6.07, 6.45) is 7.73. The number of hydrogen-bond donors (Lipinski definition) is 1. The Bertz CT molecular complexity index is 875. The molecule has 154 valence electrons. The monoisotopic (exact) mass is 392 g/mol. The van der Waals surface area contributed by atoms with Crippen LogP contribution < -0.4 is 15.0 Å². The van der Waals surface area contributed by atoms with E-state index in [9.17, 15) is 0 Å². The van der Waals surface area contributed by atoms with Crippen LogP contribution in [0.5, 0.6) is 5.75 Å². The molecule has 1 aliphatic heterocycles. The van der Waals surface area contributed by atoms with Crippen molar-refractivity contribution < 1.29 is 4.74 Å². The molecule has 1 unspecified atom stereocenters. The largest absolute Gasteiger partial charge is 0.497 e. The average molecular weight is 393 g/mol. The molecule has 0 amide bonds. The van der Waals surface area contributed by atoms with Crippen LogP contribution in [-0.4, -0.2) is 23.6 Å². The molecule has 4 rings (SSSR count). The van der Waals surface area contributed by atoms with E-state index in [1.807, 2.05) is 18.3 Å². The molecule has 1 fully saturated rings. The summed E-state index contributed by atoms with van der Waals surface area (Å²) in [6.45, 7) is 10.8. The number of fused-ring (bicyclic) bond motifs is 1. The quantitative estimate of drug-likeness (QED) is 0.661. The van der Waals surface area contributed by atoms with Gasteiger partial charge in [-0.25, -0.2) is 9.97 Å². The predicted molar refractivity (Wildman–Crippen MR) is 118 cm³/mol. The molecule has 1 aromatic carbocycles. The van der Waals surface area contributed by atoms with Gasteiger partial charge in [0.25, 0.3) is 0 Å². The molecule has 29 heavy (non-hydrogen) atoms. The van der Waals surface area contributed by atoms with E-state index in [0.29, 0.717) is 0 Å². The first kappa shape index (κ1) is 19.7. The number of ether oxygens (including phenoxy) is 1. The second-order valence-electron chi connectivity index (χ2n) is 8.31. The smallest absolute Gasteiger partial charge is 0.222 e. The summed E-state index contributed by atoms with van der Waals surface area (Å²) in [7, 11) is 1.70. The zero-order valence-corrected chi connectivity index (χ0v) is 17.9. The minimum absolute atomic E-state index is 0.165. The summed E-state index contributed by atoms with van der Waals surface area (Å²) in [5.74, 6) is 2.42. The normalized spacial score (nSPS) is 21.1. The lowest BCUT2D eigenvalue weighted by Gasteiger charge is -2.46. The fourth-order valence-electron chi connectivity index (χ4n) is 4.49. The van der Waals surface area contributed by atoms with Gasteiger partial charge in [0.1, 0.15) is 5.75 Å². The molecule has 0 bridgehead atoms. The number of allylic oxidation sites excluding steroid dienone is 1. The van der Waals surface area contributed by atoms with Crippen LogP contribution in [0.25, 0.3) is 0 Å². The van der Waals surface area contributed by atoms with Crippen molar-refractivity contribution in [3.05, 3.63) is 54.0 Å². The van der Waals surface area contributed by atoms with Gasteiger partial charge in [0.05, 0.1) is 24.8 Å². The Kier molecular flexibility index (Phi) is 5.48. The average Bonchev–Trinajstić information content (AvgIpc) is 3.59. The zero-order chi connectivity index (χ0) is 20.4. The van der Waals surface area contributed by atoms with Gasteiger partial charge in [0, 0.05) is 29.7 Å². The van der Waals surface area contributed by atoms with E-state index in [4.69, 9.17) is 9.72 Å². The van der Waals surface area contributed by atoms with E-state index in [1.54, 1.807) is 7.11 Å². The first-order valence-corrected chi connectivity index (χ1v) is 10.8. The summed E-state index contributed by atoms with van der Waals surface area (Å²) in [5.41, 5.74) is 4.45. The van der Waals surface area contributed by atoms with Crippen molar-refractivity contribution in [3.8, 4) is 5.75 Å². The van der Waals surface area contributed by atoms with Crippen LogP contribution in [-0.2, 0) is 12.0 Å². The number of hydrogen-bond acceptors (Lipinski definition) is 5. The van der Waals surface area contributed by atoms with Crippen molar-refractivity contribution in [1.29, 1.82) is 0 Å². The summed E-state index contributed by atoms with van der Waals surface area (Å²) >= 11 is 0. The summed E-state index contributed by atoms with van der Waals surface area (Å²) in [6, 6.07) is 8.22.